The summed E-state index contributed by atoms with van der Waals surface area (Å²) in [4.78, 5) is 36.6. The zero-order valence-corrected chi connectivity index (χ0v) is 22.9. The Morgan fingerprint density at radius 1 is 0.730 bits per heavy atom. The quantitative estimate of drug-likeness (QED) is 0.495. The number of hydrogen-bond acceptors (Lipinski definition) is 7. The highest BCUT2D eigenvalue weighted by Gasteiger charge is 2.16. The van der Waals surface area contributed by atoms with Crippen molar-refractivity contribution in [1.82, 2.24) is 19.6 Å². The van der Waals surface area contributed by atoms with Gasteiger partial charge in [-0.15, -0.1) is 0 Å². The predicted molar refractivity (Wildman–Crippen MR) is 151 cm³/mol. The minimum Gasteiger partial charge on any atom is -0.326 e. The van der Waals surface area contributed by atoms with Crippen molar-refractivity contribution in [3.05, 3.63) is 48.5 Å². The van der Waals surface area contributed by atoms with Crippen LogP contribution in [0.2, 0.25) is 0 Å². The first-order chi connectivity index (χ1) is 17.9. The average Bonchev–Trinajstić information content (AvgIpc) is 2.89. The van der Waals surface area contributed by atoms with Crippen LogP contribution in [0.1, 0.15) is 12.8 Å². The second-order valence-corrected chi connectivity index (χ2v) is 11.1. The third kappa shape index (κ3) is 9.12. The second-order valence-electron chi connectivity index (χ2n) is 10.0. The molecule has 37 heavy (non-hydrogen) atoms. The minimum absolute atomic E-state index is 0.0355. The lowest BCUT2D eigenvalue weighted by molar-refractivity contribution is -0.117. The molecule has 2 aromatic carbocycles. The van der Waals surface area contributed by atoms with E-state index in [4.69, 9.17) is 0 Å². The number of amides is 2. The fourth-order valence-electron chi connectivity index (χ4n) is 4.52. The van der Waals surface area contributed by atoms with E-state index in [9.17, 15) is 9.59 Å². The molecular formula is C28H40N6O2S. The van der Waals surface area contributed by atoms with Gasteiger partial charge in [0, 0.05) is 93.8 Å². The van der Waals surface area contributed by atoms with Crippen molar-refractivity contribution in [2.45, 2.75) is 22.6 Å². The molecule has 2 heterocycles. The first-order valence-corrected chi connectivity index (χ1v) is 14.0. The summed E-state index contributed by atoms with van der Waals surface area (Å²) in [6, 6.07) is 15.8. The Morgan fingerprint density at radius 2 is 1.30 bits per heavy atom. The molecule has 0 spiro atoms. The van der Waals surface area contributed by atoms with E-state index >= 15 is 0 Å². The Morgan fingerprint density at radius 3 is 1.92 bits per heavy atom. The number of likely N-dealkylation sites (N-methyl/N-ethyl adjacent to an activating group) is 2. The molecule has 9 heteroatoms. The SMILES string of the molecule is CN1CCN(CCC(=O)Nc2cccc(Sc3ccccc3NC(=O)CCN3CCN(C)CC3)c2)CC1. The van der Waals surface area contributed by atoms with Crippen molar-refractivity contribution in [2.24, 2.45) is 0 Å². The van der Waals surface area contributed by atoms with Crippen molar-refractivity contribution < 1.29 is 9.59 Å². The number of carbonyl (C=O) groups is 2. The molecule has 0 atom stereocenters. The van der Waals surface area contributed by atoms with Gasteiger partial charge in [-0.05, 0) is 44.4 Å². The highest BCUT2D eigenvalue weighted by molar-refractivity contribution is 7.99. The molecule has 0 radical (unpaired) electrons. The summed E-state index contributed by atoms with van der Waals surface area (Å²) in [6.07, 6.45) is 0.975. The third-order valence-electron chi connectivity index (χ3n) is 7.01. The van der Waals surface area contributed by atoms with E-state index in [2.05, 4.69) is 44.3 Å². The third-order valence-corrected chi connectivity index (χ3v) is 8.07. The van der Waals surface area contributed by atoms with E-state index in [-0.39, 0.29) is 11.8 Å². The van der Waals surface area contributed by atoms with Gasteiger partial charge in [0.2, 0.25) is 11.8 Å². The first-order valence-electron chi connectivity index (χ1n) is 13.2. The number of para-hydroxylation sites is 1. The molecule has 2 amide bonds. The van der Waals surface area contributed by atoms with Crippen LogP contribution in [0.3, 0.4) is 0 Å². The summed E-state index contributed by atoms with van der Waals surface area (Å²) in [5.41, 5.74) is 1.61. The molecular weight excluding hydrogens is 484 g/mol. The molecule has 2 N–H and O–H groups in total. The van der Waals surface area contributed by atoms with E-state index in [0.29, 0.717) is 12.8 Å². The number of nitrogens with one attached hydrogen (secondary N) is 2. The number of hydrogen-bond donors (Lipinski definition) is 2. The summed E-state index contributed by atoms with van der Waals surface area (Å²) >= 11 is 1.59. The largest absolute Gasteiger partial charge is 0.326 e. The highest BCUT2D eigenvalue weighted by atomic mass is 32.2. The van der Waals surface area contributed by atoms with Crippen LogP contribution < -0.4 is 10.6 Å². The number of rotatable bonds is 10. The zero-order valence-electron chi connectivity index (χ0n) is 22.1. The van der Waals surface area contributed by atoms with Gasteiger partial charge in [0.1, 0.15) is 0 Å². The number of anilines is 2. The zero-order chi connectivity index (χ0) is 26.0. The van der Waals surface area contributed by atoms with Crippen LogP contribution in [0.15, 0.2) is 58.3 Å². The fraction of sp³-hybridized carbons (Fsp3) is 0.500. The van der Waals surface area contributed by atoms with Crippen LogP contribution in [-0.4, -0.2) is 111 Å². The fourth-order valence-corrected chi connectivity index (χ4v) is 5.48. The van der Waals surface area contributed by atoms with Gasteiger partial charge in [-0.3, -0.25) is 9.59 Å². The maximum absolute atomic E-state index is 12.7. The Hall–Kier alpha value is -2.43. The Kier molecular flexibility index (Phi) is 10.4. The average molecular weight is 525 g/mol. The van der Waals surface area contributed by atoms with Crippen molar-refractivity contribution in [3.8, 4) is 0 Å². The highest BCUT2D eigenvalue weighted by Crippen LogP contribution is 2.34. The summed E-state index contributed by atoms with van der Waals surface area (Å²) in [5, 5.41) is 6.15. The number of carbonyl (C=O) groups excluding carboxylic acids is 2. The van der Waals surface area contributed by atoms with Gasteiger partial charge in [0.15, 0.2) is 0 Å². The molecule has 0 unspecified atom stereocenters. The van der Waals surface area contributed by atoms with Crippen molar-refractivity contribution in [1.29, 1.82) is 0 Å². The molecule has 2 saturated heterocycles. The predicted octanol–water partition coefficient (Wildman–Crippen LogP) is 2.99. The first kappa shape index (κ1) is 27.6. The van der Waals surface area contributed by atoms with Gasteiger partial charge < -0.3 is 30.2 Å². The summed E-state index contributed by atoms with van der Waals surface area (Å²) < 4.78 is 0. The second kappa shape index (κ2) is 13.9. The van der Waals surface area contributed by atoms with Crippen LogP contribution >= 0.6 is 11.8 Å². The summed E-state index contributed by atoms with van der Waals surface area (Å²) in [7, 11) is 4.27. The van der Waals surface area contributed by atoms with Crippen LogP contribution in [0.4, 0.5) is 11.4 Å². The lowest BCUT2D eigenvalue weighted by Gasteiger charge is -2.32. The van der Waals surface area contributed by atoms with Gasteiger partial charge >= 0.3 is 0 Å². The maximum atomic E-state index is 12.7. The van der Waals surface area contributed by atoms with Gasteiger partial charge in [-0.25, -0.2) is 0 Å². The van der Waals surface area contributed by atoms with E-state index in [0.717, 1.165) is 86.6 Å². The number of piperazine rings is 2. The Balaban J connectivity index is 1.27. The van der Waals surface area contributed by atoms with Crippen LogP contribution in [0.25, 0.3) is 0 Å². The smallest absolute Gasteiger partial charge is 0.225 e. The normalized spacial score (nSPS) is 18.0. The lowest BCUT2D eigenvalue weighted by atomic mass is 10.2. The topological polar surface area (TPSA) is 71.2 Å². The molecule has 200 valence electrons. The molecule has 2 aliphatic heterocycles. The van der Waals surface area contributed by atoms with Gasteiger partial charge in [-0.2, -0.15) is 0 Å². The van der Waals surface area contributed by atoms with Gasteiger partial charge in [0.25, 0.3) is 0 Å². The van der Waals surface area contributed by atoms with E-state index in [1.54, 1.807) is 11.8 Å². The van der Waals surface area contributed by atoms with Crippen molar-refractivity contribution in [2.75, 3.05) is 90.2 Å². The van der Waals surface area contributed by atoms with E-state index in [1.807, 2.05) is 48.5 Å². The summed E-state index contributed by atoms with van der Waals surface area (Å²) in [5.74, 6) is 0.0717. The summed E-state index contributed by atoms with van der Waals surface area (Å²) in [6.45, 7) is 9.84. The van der Waals surface area contributed by atoms with Crippen LogP contribution in [0.5, 0.6) is 0 Å². The number of nitrogens with zero attached hydrogens (tertiary/aromatic N) is 4. The van der Waals surface area contributed by atoms with E-state index in [1.165, 1.54) is 0 Å². The Labute approximate surface area is 225 Å². The molecule has 0 bridgehead atoms. The van der Waals surface area contributed by atoms with Crippen LogP contribution in [-0.2, 0) is 9.59 Å². The molecule has 8 nitrogen and oxygen atoms in total. The molecule has 2 aromatic rings. The molecule has 2 aliphatic rings. The molecule has 4 rings (SSSR count). The minimum atomic E-state index is 0.0355. The van der Waals surface area contributed by atoms with Gasteiger partial charge in [-0.1, -0.05) is 30.0 Å². The van der Waals surface area contributed by atoms with Crippen molar-refractivity contribution in [3.63, 3.8) is 0 Å². The lowest BCUT2D eigenvalue weighted by Crippen LogP contribution is -2.45. The molecule has 0 aromatic heterocycles. The maximum Gasteiger partial charge on any atom is 0.225 e. The standard InChI is InChI=1S/C28H40N6O2S/c1-31-14-18-33(19-15-31)12-10-27(35)29-23-6-5-7-24(22-23)37-26-9-4-3-8-25(26)30-28(36)11-13-34-20-16-32(2)17-21-34/h3-9,22H,10-21H2,1-2H3,(H,29,35)(H,30,36). The monoisotopic (exact) mass is 524 g/mol. The molecule has 0 aliphatic carbocycles. The van der Waals surface area contributed by atoms with Crippen LogP contribution in [0, 0.1) is 0 Å². The van der Waals surface area contributed by atoms with Crippen molar-refractivity contribution >= 4 is 35.0 Å². The number of benzene rings is 2. The van der Waals surface area contributed by atoms with E-state index < -0.39 is 0 Å². The molecule has 2 fully saturated rings. The Bertz CT molecular complexity index is 1030. The van der Waals surface area contributed by atoms with Gasteiger partial charge in [0.05, 0.1) is 5.69 Å². The molecule has 0 saturated carbocycles.